The van der Waals surface area contributed by atoms with E-state index in [1.54, 1.807) is 4.90 Å². The van der Waals surface area contributed by atoms with Crippen LogP contribution in [0.5, 0.6) is 0 Å². The van der Waals surface area contributed by atoms with Gasteiger partial charge in [-0.15, -0.1) is 0 Å². The van der Waals surface area contributed by atoms with E-state index in [2.05, 4.69) is 14.7 Å². The van der Waals surface area contributed by atoms with Gasteiger partial charge in [-0.05, 0) is 24.6 Å². The quantitative estimate of drug-likeness (QED) is 0.754. The largest absolute Gasteiger partial charge is 0.335 e. The van der Waals surface area contributed by atoms with Crippen LogP contribution in [-0.4, -0.2) is 66.0 Å². The van der Waals surface area contributed by atoms with E-state index in [0.29, 0.717) is 38.3 Å². The van der Waals surface area contributed by atoms with Gasteiger partial charge in [0.1, 0.15) is 17.3 Å². The number of nitrogens with one attached hydrogen (secondary N) is 1. The number of piperazine rings is 1. The number of sulfonamides is 1. The van der Waals surface area contributed by atoms with Gasteiger partial charge in [0.15, 0.2) is 5.82 Å². The van der Waals surface area contributed by atoms with Crippen LogP contribution in [-0.2, 0) is 16.6 Å². The standard InChI is InChI=1S/C18H21F2N5O3S.H2/c1-2-29(27,28)23-17-11-21-16(10-22-17)18(26)25-5-3-24(4-6-25)12-13-7-14(19)9-15(20)8-13;/h7-11H,2-6,12H2,1H3,(H,22,23);1H. The zero-order valence-corrected chi connectivity index (χ0v) is 16.6. The number of rotatable bonds is 6. The highest BCUT2D eigenvalue weighted by molar-refractivity contribution is 7.92. The summed E-state index contributed by atoms with van der Waals surface area (Å²) >= 11 is 0. The normalized spacial score (nSPS) is 15.3. The molecule has 0 bridgehead atoms. The summed E-state index contributed by atoms with van der Waals surface area (Å²) in [5.74, 6) is -1.58. The molecule has 1 fully saturated rings. The second-order valence-corrected chi connectivity index (χ2v) is 8.65. The Morgan fingerprint density at radius 3 is 2.31 bits per heavy atom. The maximum absolute atomic E-state index is 13.3. The van der Waals surface area contributed by atoms with Crippen LogP contribution >= 0.6 is 0 Å². The van der Waals surface area contributed by atoms with Crippen LogP contribution < -0.4 is 4.72 Å². The van der Waals surface area contributed by atoms with Crippen molar-refractivity contribution in [1.82, 2.24) is 19.8 Å². The average Bonchev–Trinajstić information content (AvgIpc) is 2.67. The van der Waals surface area contributed by atoms with Crippen molar-refractivity contribution in [2.24, 2.45) is 0 Å². The molecule has 0 unspecified atom stereocenters. The lowest BCUT2D eigenvalue weighted by atomic mass is 10.2. The Hall–Kier alpha value is -2.66. The van der Waals surface area contributed by atoms with Crippen molar-refractivity contribution < 1.29 is 23.4 Å². The van der Waals surface area contributed by atoms with Crippen LogP contribution in [0.15, 0.2) is 30.6 Å². The number of benzene rings is 1. The van der Waals surface area contributed by atoms with E-state index in [-0.39, 0.29) is 24.6 Å². The molecule has 3 rings (SSSR count). The number of hydrogen-bond acceptors (Lipinski definition) is 6. The van der Waals surface area contributed by atoms with Gasteiger partial charge in [0, 0.05) is 40.2 Å². The van der Waals surface area contributed by atoms with Crippen LogP contribution in [0.2, 0.25) is 0 Å². The molecule has 2 heterocycles. The summed E-state index contributed by atoms with van der Waals surface area (Å²) in [7, 11) is -3.46. The molecule has 0 aliphatic carbocycles. The third kappa shape index (κ3) is 5.67. The third-order valence-electron chi connectivity index (χ3n) is 4.50. The van der Waals surface area contributed by atoms with Gasteiger partial charge in [0.05, 0.1) is 18.1 Å². The number of aromatic nitrogens is 2. The molecule has 0 saturated carbocycles. The summed E-state index contributed by atoms with van der Waals surface area (Å²) in [6.45, 7) is 3.85. The van der Waals surface area contributed by atoms with Gasteiger partial charge in [-0.1, -0.05) is 0 Å². The Labute approximate surface area is 169 Å². The molecule has 8 nitrogen and oxygen atoms in total. The Bertz CT molecular complexity index is 964. The number of nitrogens with zero attached hydrogens (tertiary/aromatic N) is 4. The molecule has 2 aromatic rings. The lowest BCUT2D eigenvalue weighted by Crippen LogP contribution is -2.48. The summed E-state index contributed by atoms with van der Waals surface area (Å²) in [6, 6.07) is 3.43. The lowest BCUT2D eigenvalue weighted by Gasteiger charge is -2.34. The van der Waals surface area contributed by atoms with Crippen LogP contribution in [0.25, 0.3) is 0 Å². The molecule has 1 aromatic carbocycles. The summed E-state index contributed by atoms with van der Waals surface area (Å²) < 4.78 is 52.0. The monoisotopic (exact) mass is 427 g/mol. The number of anilines is 1. The van der Waals surface area contributed by atoms with Crippen molar-refractivity contribution in [1.29, 1.82) is 0 Å². The van der Waals surface area contributed by atoms with Crippen molar-refractivity contribution in [3.8, 4) is 0 Å². The van der Waals surface area contributed by atoms with Gasteiger partial charge in [-0.2, -0.15) is 0 Å². The third-order valence-corrected chi connectivity index (χ3v) is 5.78. The lowest BCUT2D eigenvalue weighted by molar-refractivity contribution is 0.0622. The molecular formula is C18H23F2N5O3S. The molecule has 1 aromatic heterocycles. The maximum atomic E-state index is 13.3. The van der Waals surface area contributed by atoms with Crippen LogP contribution in [0.4, 0.5) is 14.6 Å². The van der Waals surface area contributed by atoms with Gasteiger partial charge in [0.2, 0.25) is 10.0 Å². The van der Waals surface area contributed by atoms with Crippen molar-refractivity contribution in [2.75, 3.05) is 36.7 Å². The summed E-state index contributed by atoms with van der Waals surface area (Å²) in [4.78, 5) is 24.1. The highest BCUT2D eigenvalue weighted by Crippen LogP contribution is 2.14. The summed E-state index contributed by atoms with van der Waals surface area (Å²) in [5, 5.41) is 0. The molecule has 11 heteroatoms. The zero-order chi connectivity index (χ0) is 21.0. The van der Waals surface area contributed by atoms with E-state index < -0.39 is 21.7 Å². The number of carbonyl (C=O) groups excluding carboxylic acids is 1. The molecule has 1 aliphatic heterocycles. The second-order valence-electron chi connectivity index (χ2n) is 6.64. The van der Waals surface area contributed by atoms with E-state index in [9.17, 15) is 22.0 Å². The number of carbonyl (C=O) groups is 1. The first kappa shape index (κ1) is 21.1. The minimum absolute atomic E-state index is 0. The first-order chi connectivity index (χ1) is 13.8. The molecule has 0 radical (unpaired) electrons. The minimum Gasteiger partial charge on any atom is -0.335 e. The topological polar surface area (TPSA) is 95.5 Å². The predicted molar refractivity (Wildman–Crippen MR) is 105 cm³/mol. The van der Waals surface area contributed by atoms with Crippen molar-refractivity contribution in [3.63, 3.8) is 0 Å². The highest BCUT2D eigenvalue weighted by Gasteiger charge is 2.23. The van der Waals surface area contributed by atoms with Gasteiger partial charge < -0.3 is 4.90 Å². The van der Waals surface area contributed by atoms with Gasteiger partial charge >= 0.3 is 0 Å². The van der Waals surface area contributed by atoms with Crippen molar-refractivity contribution in [3.05, 3.63) is 53.5 Å². The molecular weight excluding hydrogens is 404 g/mol. The van der Waals surface area contributed by atoms with Crippen LogP contribution in [0, 0.1) is 11.6 Å². The van der Waals surface area contributed by atoms with E-state index >= 15 is 0 Å². The Kier molecular flexibility index (Phi) is 6.38. The molecule has 0 atom stereocenters. The van der Waals surface area contributed by atoms with E-state index in [4.69, 9.17) is 0 Å². The summed E-state index contributed by atoms with van der Waals surface area (Å²) in [5.41, 5.74) is 0.656. The molecule has 1 aliphatic rings. The van der Waals surface area contributed by atoms with E-state index in [1.807, 2.05) is 4.90 Å². The van der Waals surface area contributed by atoms with Crippen molar-refractivity contribution >= 4 is 21.7 Å². The number of hydrogen-bond donors (Lipinski definition) is 1. The Balaban J connectivity index is 0.00000320. The van der Waals surface area contributed by atoms with E-state index in [0.717, 1.165) is 6.07 Å². The Morgan fingerprint density at radius 1 is 1.10 bits per heavy atom. The number of halogens is 2. The molecule has 1 N–H and O–H groups in total. The molecule has 1 saturated heterocycles. The average molecular weight is 427 g/mol. The predicted octanol–water partition coefficient (Wildman–Crippen LogP) is 1.72. The second kappa shape index (κ2) is 8.78. The van der Waals surface area contributed by atoms with Crippen LogP contribution in [0.1, 0.15) is 24.4 Å². The molecule has 0 spiro atoms. The zero-order valence-electron chi connectivity index (χ0n) is 15.8. The fourth-order valence-electron chi connectivity index (χ4n) is 2.95. The SMILES string of the molecule is CCS(=O)(=O)Nc1cnc(C(=O)N2CCN(Cc3cc(F)cc(F)c3)CC2)cn1.[HH]. The highest BCUT2D eigenvalue weighted by atomic mass is 32.2. The number of amides is 1. The van der Waals surface area contributed by atoms with E-state index in [1.165, 1.54) is 31.5 Å². The molecule has 158 valence electrons. The Morgan fingerprint density at radius 2 is 1.76 bits per heavy atom. The van der Waals surface area contributed by atoms with Crippen molar-refractivity contribution in [2.45, 2.75) is 13.5 Å². The smallest absolute Gasteiger partial charge is 0.274 e. The first-order valence-electron chi connectivity index (χ1n) is 9.05. The van der Waals surface area contributed by atoms with Gasteiger partial charge in [0.25, 0.3) is 5.91 Å². The first-order valence-corrected chi connectivity index (χ1v) is 10.7. The minimum atomic E-state index is -3.46. The van der Waals surface area contributed by atoms with Gasteiger partial charge in [-0.25, -0.2) is 27.2 Å². The summed E-state index contributed by atoms with van der Waals surface area (Å²) in [6.07, 6.45) is 2.44. The van der Waals surface area contributed by atoms with Gasteiger partial charge in [-0.3, -0.25) is 14.4 Å². The fraction of sp³-hybridized carbons (Fsp3) is 0.389. The fourth-order valence-corrected chi connectivity index (χ4v) is 3.52. The van der Waals surface area contributed by atoms with Crippen LogP contribution in [0.3, 0.4) is 0 Å². The molecule has 29 heavy (non-hydrogen) atoms. The maximum Gasteiger partial charge on any atom is 0.274 e. The molecule has 1 amide bonds.